The molecule has 1 unspecified atom stereocenters. The van der Waals surface area contributed by atoms with Crippen molar-refractivity contribution in [2.45, 2.75) is 13.1 Å². The number of para-hydroxylation sites is 1. The summed E-state index contributed by atoms with van der Waals surface area (Å²) in [6.07, 6.45) is 0. The number of aliphatic hydroxyl groups is 1. The first kappa shape index (κ1) is 6.64. The molecule has 2 rings (SSSR count). The molecule has 3 heteroatoms. The topological polar surface area (TPSA) is 38.7 Å². The van der Waals surface area contributed by atoms with E-state index < -0.39 is 6.48 Å². The first-order valence-corrected chi connectivity index (χ1v) is 3.40. The van der Waals surface area contributed by atoms with E-state index in [0.29, 0.717) is 12.4 Å². The molecule has 0 radical (unpaired) electrons. The van der Waals surface area contributed by atoms with Crippen molar-refractivity contribution >= 4 is 0 Å². The molecule has 1 aliphatic rings. The number of aliphatic hydroxyl groups excluding tert-OH is 1. The van der Waals surface area contributed by atoms with Crippen LogP contribution in [-0.4, -0.2) is 11.6 Å². The van der Waals surface area contributed by atoms with Gasteiger partial charge in [-0.25, -0.2) is 0 Å². The van der Waals surface area contributed by atoms with Gasteiger partial charge >= 0.3 is 6.48 Å². The van der Waals surface area contributed by atoms with Gasteiger partial charge in [0, 0.05) is 5.56 Å². The quantitative estimate of drug-likeness (QED) is 0.599. The molecule has 58 valence electrons. The molecule has 0 saturated carbocycles. The summed E-state index contributed by atoms with van der Waals surface area (Å²) in [5, 5.41) is 8.91. The summed E-state index contributed by atoms with van der Waals surface area (Å²) >= 11 is 0. The normalized spacial score (nSPS) is 22.1. The molecule has 0 aromatic heterocycles. The highest BCUT2D eigenvalue weighted by Crippen LogP contribution is 2.24. The molecule has 0 aliphatic carbocycles. The maximum absolute atomic E-state index is 8.91. The van der Waals surface area contributed by atoms with Crippen LogP contribution in [0.25, 0.3) is 0 Å². The molecule has 1 atom stereocenters. The zero-order chi connectivity index (χ0) is 7.68. The van der Waals surface area contributed by atoms with Crippen LogP contribution in [0.3, 0.4) is 0 Å². The van der Waals surface area contributed by atoms with Gasteiger partial charge in [0.2, 0.25) is 0 Å². The third kappa shape index (κ3) is 1.20. The van der Waals surface area contributed by atoms with Crippen LogP contribution in [0, 0.1) is 0 Å². The zero-order valence-corrected chi connectivity index (χ0v) is 5.86. The van der Waals surface area contributed by atoms with Gasteiger partial charge in [-0.1, -0.05) is 18.2 Å². The second-order valence-electron chi connectivity index (χ2n) is 2.34. The van der Waals surface area contributed by atoms with Gasteiger partial charge in [0.15, 0.2) is 0 Å². The van der Waals surface area contributed by atoms with Crippen LogP contribution in [0.1, 0.15) is 5.56 Å². The van der Waals surface area contributed by atoms with Gasteiger partial charge in [0.1, 0.15) is 5.75 Å². The van der Waals surface area contributed by atoms with Crippen molar-refractivity contribution in [2.75, 3.05) is 0 Å². The lowest BCUT2D eigenvalue weighted by atomic mass is 10.2. The fraction of sp³-hybridized carbons (Fsp3) is 0.250. The maximum Gasteiger partial charge on any atom is 0.313 e. The summed E-state index contributed by atoms with van der Waals surface area (Å²) in [6, 6.07) is 7.47. The first-order chi connectivity index (χ1) is 5.36. The predicted octanol–water partition coefficient (Wildman–Crippen LogP) is 0.871. The highest BCUT2D eigenvalue weighted by atomic mass is 16.8. The van der Waals surface area contributed by atoms with Crippen LogP contribution < -0.4 is 4.74 Å². The minimum Gasteiger partial charge on any atom is -0.441 e. The fourth-order valence-corrected chi connectivity index (χ4v) is 1.04. The Balaban J connectivity index is 2.34. The van der Waals surface area contributed by atoms with Gasteiger partial charge in [-0.3, -0.25) is 0 Å². The van der Waals surface area contributed by atoms with Gasteiger partial charge in [-0.15, -0.1) is 0 Å². The number of hydrogen-bond donors (Lipinski definition) is 1. The highest BCUT2D eigenvalue weighted by molar-refractivity contribution is 5.33. The number of fused-ring (bicyclic) bond motifs is 1. The Morgan fingerprint density at radius 1 is 1.36 bits per heavy atom. The smallest absolute Gasteiger partial charge is 0.313 e. The van der Waals surface area contributed by atoms with Crippen molar-refractivity contribution in [2.24, 2.45) is 0 Å². The Bertz CT molecular complexity index is 259. The largest absolute Gasteiger partial charge is 0.441 e. The van der Waals surface area contributed by atoms with E-state index >= 15 is 0 Å². The molecule has 0 bridgehead atoms. The van der Waals surface area contributed by atoms with Crippen LogP contribution in [-0.2, 0) is 11.3 Å². The third-order valence-corrected chi connectivity index (χ3v) is 1.58. The van der Waals surface area contributed by atoms with Crippen molar-refractivity contribution < 1.29 is 14.6 Å². The van der Waals surface area contributed by atoms with Gasteiger partial charge in [-0.05, 0) is 6.07 Å². The first-order valence-electron chi connectivity index (χ1n) is 3.40. The van der Waals surface area contributed by atoms with E-state index in [1.54, 1.807) is 6.07 Å². The molecule has 1 heterocycles. The van der Waals surface area contributed by atoms with E-state index in [1.165, 1.54) is 0 Å². The van der Waals surface area contributed by atoms with Gasteiger partial charge in [0.25, 0.3) is 0 Å². The van der Waals surface area contributed by atoms with E-state index in [4.69, 9.17) is 14.6 Å². The SMILES string of the molecule is OC1OCc2ccccc2O1. The molecule has 1 aromatic carbocycles. The Morgan fingerprint density at radius 2 is 2.18 bits per heavy atom. The number of hydrogen-bond acceptors (Lipinski definition) is 3. The van der Waals surface area contributed by atoms with E-state index in [9.17, 15) is 0 Å². The Morgan fingerprint density at radius 3 is 3.09 bits per heavy atom. The van der Waals surface area contributed by atoms with E-state index in [2.05, 4.69) is 0 Å². The molecule has 1 aliphatic heterocycles. The predicted molar refractivity (Wildman–Crippen MR) is 37.9 cm³/mol. The van der Waals surface area contributed by atoms with Crippen LogP contribution >= 0.6 is 0 Å². The summed E-state index contributed by atoms with van der Waals surface area (Å²) < 4.78 is 9.80. The maximum atomic E-state index is 8.91. The summed E-state index contributed by atoms with van der Waals surface area (Å²) in [5.41, 5.74) is 0.970. The van der Waals surface area contributed by atoms with Crippen LogP contribution in [0.2, 0.25) is 0 Å². The molecule has 0 fully saturated rings. The molecule has 1 N–H and O–H groups in total. The minimum atomic E-state index is -1.11. The van der Waals surface area contributed by atoms with Crippen molar-refractivity contribution in [3.8, 4) is 5.75 Å². The average molecular weight is 152 g/mol. The number of ether oxygens (including phenoxy) is 2. The monoisotopic (exact) mass is 152 g/mol. The lowest BCUT2D eigenvalue weighted by Crippen LogP contribution is -2.24. The number of benzene rings is 1. The molecule has 3 nitrogen and oxygen atoms in total. The average Bonchev–Trinajstić information content (AvgIpc) is 2.04. The van der Waals surface area contributed by atoms with Crippen molar-refractivity contribution in [1.29, 1.82) is 0 Å². The van der Waals surface area contributed by atoms with Gasteiger partial charge in [-0.2, -0.15) is 0 Å². The lowest BCUT2D eigenvalue weighted by Gasteiger charge is -2.21. The lowest BCUT2D eigenvalue weighted by molar-refractivity contribution is -0.235. The molecule has 0 spiro atoms. The van der Waals surface area contributed by atoms with Gasteiger partial charge in [0.05, 0.1) is 6.61 Å². The summed E-state index contributed by atoms with van der Waals surface area (Å²) in [5.74, 6) is 0.700. The van der Waals surface area contributed by atoms with Crippen LogP contribution in [0.4, 0.5) is 0 Å². The Hall–Kier alpha value is -1.06. The molecule has 0 amide bonds. The van der Waals surface area contributed by atoms with Crippen molar-refractivity contribution in [3.63, 3.8) is 0 Å². The van der Waals surface area contributed by atoms with Gasteiger partial charge < -0.3 is 14.6 Å². The van der Waals surface area contributed by atoms with Crippen LogP contribution in [0.15, 0.2) is 24.3 Å². The van der Waals surface area contributed by atoms with E-state index in [-0.39, 0.29) is 0 Å². The summed E-state index contributed by atoms with van der Waals surface area (Å²) in [4.78, 5) is 0. The summed E-state index contributed by atoms with van der Waals surface area (Å²) in [6.45, 7) is -0.693. The van der Waals surface area contributed by atoms with E-state index in [1.807, 2.05) is 18.2 Å². The molecule has 11 heavy (non-hydrogen) atoms. The Kier molecular flexibility index (Phi) is 1.52. The standard InChI is InChI=1S/C8H8O3/c9-8-10-5-6-3-1-2-4-7(6)11-8/h1-4,8-9H,5H2. The zero-order valence-electron chi connectivity index (χ0n) is 5.86. The van der Waals surface area contributed by atoms with Crippen LogP contribution in [0.5, 0.6) is 5.75 Å². The number of rotatable bonds is 0. The van der Waals surface area contributed by atoms with Crippen molar-refractivity contribution in [1.82, 2.24) is 0 Å². The second-order valence-corrected chi connectivity index (χ2v) is 2.34. The second kappa shape index (κ2) is 2.53. The Labute approximate surface area is 64.2 Å². The molecule has 1 aromatic rings. The third-order valence-electron chi connectivity index (χ3n) is 1.58. The minimum absolute atomic E-state index is 0.414. The van der Waals surface area contributed by atoms with Crippen molar-refractivity contribution in [3.05, 3.63) is 29.8 Å². The summed E-state index contributed by atoms with van der Waals surface area (Å²) in [7, 11) is 0. The fourth-order valence-electron chi connectivity index (χ4n) is 1.04. The molecule has 0 saturated heterocycles. The highest BCUT2D eigenvalue weighted by Gasteiger charge is 2.15. The molecular formula is C8H8O3. The van der Waals surface area contributed by atoms with E-state index in [0.717, 1.165) is 5.56 Å². The molecular weight excluding hydrogens is 144 g/mol.